The predicted molar refractivity (Wildman–Crippen MR) is 65.7 cm³/mol. The van der Waals surface area contributed by atoms with Crippen molar-refractivity contribution in [3.63, 3.8) is 0 Å². The first kappa shape index (κ1) is 11.2. The van der Waals surface area contributed by atoms with Gasteiger partial charge in [-0.05, 0) is 32.3 Å². The Bertz CT molecular complexity index is 413. The summed E-state index contributed by atoms with van der Waals surface area (Å²) in [5, 5.41) is 15.0. The first-order valence-corrected chi connectivity index (χ1v) is 6.52. The van der Waals surface area contributed by atoms with Gasteiger partial charge in [-0.2, -0.15) is 5.10 Å². The highest BCUT2D eigenvalue weighted by molar-refractivity contribution is 5.09. The van der Waals surface area contributed by atoms with E-state index < -0.39 is 5.60 Å². The third-order valence-corrected chi connectivity index (χ3v) is 4.01. The maximum Gasteiger partial charge on any atom is 0.0844 e. The Hall–Kier alpha value is -0.870. The lowest BCUT2D eigenvalue weighted by Gasteiger charge is -2.22. The van der Waals surface area contributed by atoms with Gasteiger partial charge in [-0.15, -0.1) is 0 Å². The summed E-state index contributed by atoms with van der Waals surface area (Å²) in [5.41, 5.74) is 0.427. The first-order valence-electron chi connectivity index (χ1n) is 6.52. The highest BCUT2D eigenvalue weighted by Gasteiger charge is 2.46. The van der Waals surface area contributed by atoms with Crippen LogP contribution in [0.2, 0.25) is 0 Å². The lowest BCUT2D eigenvalue weighted by atomic mass is 9.95. The summed E-state index contributed by atoms with van der Waals surface area (Å²) in [5.74, 6) is 0. The van der Waals surface area contributed by atoms with Crippen LogP contribution in [-0.2, 0) is 13.5 Å². The van der Waals surface area contributed by atoms with Crippen molar-refractivity contribution in [2.75, 3.05) is 6.54 Å². The summed E-state index contributed by atoms with van der Waals surface area (Å²) in [6.07, 6.45) is 6.12. The molecule has 1 saturated heterocycles. The van der Waals surface area contributed by atoms with Crippen LogP contribution in [0.5, 0.6) is 0 Å². The van der Waals surface area contributed by atoms with Crippen LogP contribution in [0, 0.1) is 0 Å². The molecule has 1 aromatic heterocycles. The minimum Gasteiger partial charge on any atom is -0.388 e. The molecule has 1 aliphatic carbocycles. The number of aromatic nitrogens is 2. The molecule has 0 spiro atoms. The van der Waals surface area contributed by atoms with Crippen LogP contribution in [0.1, 0.15) is 31.9 Å². The van der Waals surface area contributed by atoms with Crippen LogP contribution >= 0.6 is 0 Å². The number of aliphatic hydroxyl groups is 1. The monoisotopic (exact) mass is 235 g/mol. The molecule has 4 nitrogen and oxygen atoms in total. The third kappa shape index (κ3) is 2.24. The molecule has 2 fully saturated rings. The second-order valence-electron chi connectivity index (χ2n) is 5.84. The molecular formula is C13H21N3O. The maximum atomic E-state index is 10.7. The van der Waals surface area contributed by atoms with E-state index in [0.29, 0.717) is 12.5 Å². The molecule has 0 aromatic carbocycles. The fourth-order valence-corrected chi connectivity index (χ4v) is 3.15. The molecule has 0 bridgehead atoms. The van der Waals surface area contributed by atoms with E-state index in [4.69, 9.17) is 0 Å². The zero-order valence-corrected chi connectivity index (χ0v) is 10.6. The topological polar surface area (TPSA) is 41.3 Å². The SMILES string of the molecule is CC1CC(O)(Cc2ccn(C)n2)CN1C1CC1. The first-order chi connectivity index (χ1) is 8.06. The van der Waals surface area contributed by atoms with Crippen molar-refractivity contribution >= 4 is 0 Å². The number of hydrogen-bond acceptors (Lipinski definition) is 3. The predicted octanol–water partition coefficient (Wildman–Crippen LogP) is 0.950. The second kappa shape index (κ2) is 3.82. The van der Waals surface area contributed by atoms with Gasteiger partial charge in [0.25, 0.3) is 0 Å². The molecule has 2 aliphatic rings. The van der Waals surface area contributed by atoms with Crippen LogP contribution in [0.25, 0.3) is 0 Å². The van der Waals surface area contributed by atoms with Crippen molar-refractivity contribution in [1.29, 1.82) is 0 Å². The van der Waals surface area contributed by atoms with Gasteiger partial charge in [0.15, 0.2) is 0 Å². The Kier molecular flexibility index (Phi) is 2.52. The molecule has 1 aliphatic heterocycles. The molecule has 1 saturated carbocycles. The van der Waals surface area contributed by atoms with Crippen LogP contribution in [0.3, 0.4) is 0 Å². The van der Waals surface area contributed by atoms with Gasteiger partial charge in [0.05, 0.1) is 11.3 Å². The van der Waals surface area contributed by atoms with Crippen LogP contribution in [0.4, 0.5) is 0 Å². The van der Waals surface area contributed by atoms with E-state index in [2.05, 4.69) is 16.9 Å². The van der Waals surface area contributed by atoms with Gasteiger partial charge < -0.3 is 5.11 Å². The highest BCUT2D eigenvalue weighted by Crippen LogP contribution is 2.38. The molecule has 2 atom stereocenters. The molecule has 0 radical (unpaired) electrons. The van der Waals surface area contributed by atoms with Crippen molar-refractivity contribution in [2.24, 2.45) is 7.05 Å². The van der Waals surface area contributed by atoms with Gasteiger partial charge in [-0.3, -0.25) is 9.58 Å². The average molecular weight is 235 g/mol. The third-order valence-electron chi connectivity index (χ3n) is 4.01. The molecule has 4 heteroatoms. The van der Waals surface area contributed by atoms with E-state index in [1.165, 1.54) is 12.8 Å². The average Bonchev–Trinajstić information content (AvgIpc) is 2.94. The van der Waals surface area contributed by atoms with E-state index >= 15 is 0 Å². The maximum absolute atomic E-state index is 10.7. The molecule has 94 valence electrons. The van der Waals surface area contributed by atoms with Crippen molar-refractivity contribution in [3.8, 4) is 0 Å². The number of hydrogen-bond donors (Lipinski definition) is 1. The normalized spacial score (nSPS) is 34.4. The fraction of sp³-hybridized carbons (Fsp3) is 0.769. The quantitative estimate of drug-likeness (QED) is 0.848. The van der Waals surface area contributed by atoms with Gasteiger partial charge in [0, 0.05) is 38.3 Å². The van der Waals surface area contributed by atoms with Crippen LogP contribution in [-0.4, -0.2) is 44.0 Å². The minimum atomic E-state index is -0.573. The van der Waals surface area contributed by atoms with Crippen molar-refractivity contribution in [3.05, 3.63) is 18.0 Å². The Balaban J connectivity index is 1.69. The Labute approximate surface area is 102 Å². The molecule has 0 amide bonds. The van der Waals surface area contributed by atoms with Gasteiger partial charge in [-0.25, -0.2) is 0 Å². The summed E-state index contributed by atoms with van der Waals surface area (Å²) < 4.78 is 1.80. The Morgan fingerprint density at radius 3 is 2.88 bits per heavy atom. The van der Waals surface area contributed by atoms with Crippen molar-refractivity contribution in [1.82, 2.24) is 14.7 Å². The van der Waals surface area contributed by atoms with E-state index in [1.54, 1.807) is 4.68 Å². The second-order valence-corrected chi connectivity index (χ2v) is 5.84. The lowest BCUT2D eigenvalue weighted by molar-refractivity contribution is 0.0476. The number of rotatable bonds is 3. The summed E-state index contributed by atoms with van der Waals surface area (Å²) >= 11 is 0. The zero-order valence-electron chi connectivity index (χ0n) is 10.6. The molecule has 2 unspecified atom stereocenters. The lowest BCUT2D eigenvalue weighted by Crippen LogP contribution is -2.36. The fourth-order valence-electron chi connectivity index (χ4n) is 3.15. The van der Waals surface area contributed by atoms with Crippen LogP contribution < -0.4 is 0 Å². The number of likely N-dealkylation sites (tertiary alicyclic amines) is 1. The molecular weight excluding hydrogens is 214 g/mol. The smallest absolute Gasteiger partial charge is 0.0844 e. The Morgan fingerprint density at radius 2 is 2.29 bits per heavy atom. The Morgan fingerprint density at radius 1 is 1.53 bits per heavy atom. The summed E-state index contributed by atoms with van der Waals surface area (Å²) in [7, 11) is 1.92. The van der Waals surface area contributed by atoms with Gasteiger partial charge >= 0.3 is 0 Å². The molecule has 1 N–H and O–H groups in total. The number of nitrogens with zero attached hydrogens (tertiary/aromatic N) is 3. The summed E-state index contributed by atoms with van der Waals surface area (Å²) in [4.78, 5) is 2.48. The van der Waals surface area contributed by atoms with Crippen molar-refractivity contribution < 1.29 is 5.11 Å². The van der Waals surface area contributed by atoms with E-state index in [-0.39, 0.29) is 0 Å². The number of aryl methyl sites for hydroxylation is 1. The molecule has 1 aromatic rings. The molecule has 2 heterocycles. The van der Waals surface area contributed by atoms with E-state index in [9.17, 15) is 5.11 Å². The van der Waals surface area contributed by atoms with E-state index in [1.807, 2.05) is 19.3 Å². The number of β-amino-alcohol motifs (C(OH)–C–C–N with tert-alkyl or cyclic N) is 1. The van der Waals surface area contributed by atoms with Gasteiger partial charge in [0.2, 0.25) is 0 Å². The van der Waals surface area contributed by atoms with Crippen LogP contribution in [0.15, 0.2) is 12.3 Å². The summed E-state index contributed by atoms with van der Waals surface area (Å²) in [6, 6.07) is 3.25. The highest BCUT2D eigenvalue weighted by atomic mass is 16.3. The minimum absolute atomic E-state index is 0.510. The van der Waals surface area contributed by atoms with E-state index in [0.717, 1.165) is 24.7 Å². The zero-order chi connectivity index (χ0) is 12.0. The largest absolute Gasteiger partial charge is 0.388 e. The van der Waals surface area contributed by atoms with Crippen molar-refractivity contribution in [2.45, 2.75) is 50.3 Å². The molecule has 17 heavy (non-hydrogen) atoms. The van der Waals surface area contributed by atoms with Gasteiger partial charge in [0.1, 0.15) is 0 Å². The van der Waals surface area contributed by atoms with Gasteiger partial charge in [-0.1, -0.05) is 0 Å². The summed E-state index contributed by atoms with van der Waals surface area (Å²) in [6.45, 7) is 3.05. The standard InChI is InChI=1S/C13H21N3O/c1-10-7-13(17,9-16(10)12-3-4-12)8-11-5-6-15(2)14-11/h5-6,10,12,17H,3-4,7-9H2,1-2H3. The molecule has 3 rings (SSSR count).